The highest BCUT2D eigenvalue weighted by Crippen LogP contribution is 2.24. The lowest BCUT2D eigenvalue weighted by molar-refractivity contribution is 0.0915. The second kappa shape index (κ2) is 9.43. The van der Waals surface area contributed by atoms with Crippen LogP contribution in [0.4, 0.5) is 0 Å². The molecule has 1 unspecified atom stereocenters. The van der Waals surface area contributed by atoms with E-state index in [9.17, 15) is 4.79 Å². The van der Waals surface area contributed by atoms with E-state index in [0.29, 0.717) is 18.7 Å². The molecule has 0 fully saturated rings. The molecule has 29 heavy (non-hydrogen) atoms. The van der Waals surface area contributed by atoms with Crippen LogP contribution < -0.4 is 10.1 Å². The van der Waals surface area contributed by atoms with Gasteiger partial charge in [-0.05, 0) is 70.0 Å². The minimum atomic E-state index is -0.196. The molecule has 0 spiro atoms. The van der Waals surface area contributed by atoms with Crippen molar-refractivity contribution < 1.29 is 9.53 Å². The van der Waals surface area contributed by atoms with Gasteiger partial charge in [-0.1, -0.05) is 32.9 Å². The van der Waals surface area contributed by atoms with Gasteiger partial charge in [0.05, 0.1) is 12.4 Å². The molecule has 0 saturated carbocycles. The number of amides is 1. The summed E-state index contributed by atoms with van der Waals surface area (Å²) in [5.41, 5.74) is 1.99. The van der Waals surface area contributed by atoms with Crippen molar-refractivity contribution in [1.82, 2.24) is 14.9 Å². The van der Waals surface area contributed by atoms with Crippen molar-refractivity contribution in [3.63, 3.8) is 0 Å². The lowest BCUT2D eigenvalue weighted by Crippen LogP contribution is -2.42. The smallest absolute Gasteiger partial charge is 0.251 e. The molecule has 3 aromatic rings. The average molecular weight is 503 g/mol. The molecule has 1 heterocycles. The Kier molecular flexibility index (Phi) is 6.95. The molecule has 0 radical (unpaired) electrons. The van der Waals surface area contributed by atoms with Gasteiger partial charge in [-0.25, -0.2) is 4.98 Å². The molecule has 3 rings (SSSR count). The van der Waals surface area contributed by atoms with E-state index in [2.05, 4.69) is 65.8 Å². The van der Waals surface area contributed by atoms with E-state index >= 15 is 0 Å². The van der Waals surface area contributed by atoms with Crippen LogP contribution in [0, 0.1) is 3.57 Å². The minimum absolute atomic E-state index is 0.101. The van der Waals surface area contributed by atoms with Gasteiger partial charge in [-0.15, -0.1) is 0 Å². The lowest BCUT2D eigenvalue weighted by Gasteiger charge is -2.21. The van der Waals surface area contributed by atoms with Crippen LogP contribution in [0.5, 0.6) is 5.75 Å². The van der Waals surface area contributed by atoms with Gasteiger partial charge in [0, 0.05) is 28.1 Å². The van der Waals surface area contributed by atoms with Gasteiger partial charge < -0.3 is 14.6 Å². The molecule has 2 aromatic carbocycles. The van der Waals surface area contributed by atoms with E-state index < -0.39 is 0 Å². The predicted molar refractivity (Wildman–Crippen MR) is 123 cm³/mol. The minimum Gasteiger partial charge on any atom is -0.491 e. The maximum absolute atomic E-state index is 12.7. The molecule has 0 aliphatic rings. The molecule has 5 nitrogen and oxygen atoms in total. The zero-order valence-corrected chi connectivity index (χ0v) is 19.1. The number of benzene rings is 2. The van der Waals surface area contributed by atoms with Crippen molar-refractivity contribution in [2.45, 2.75) is 38.8 Å². The molecular formula is C23H26IN3O2. The molecule has 0 aliphatic heterocycles. The zero-order chi connectivity index (χ0) is 20.9. The Morgan fingerprint density at radius 3 is 2.41 bits per heavy atom. The van der Waals surface area contributed by atoms with Gasteiger partial charge in [0.2, 0.25) is 0 Å². The number of carbonyl (C=O) groups excluding carboxylic acids is 1. The predicted octanol–water partition coefficient (Wildman–Crippen LogP) is 4.66. The van der Waals surface area contributed by atoms with E-state index in [1.54, 1.807) is 12.5 Å². The number of ether oxygens (including phenoxy) is 1. The molecule has 152 valence electrons. The first-order chi connectivity index (χ1) is 13.8. The van der Waals surface area contributed by atoms with Crippen molar-refractivity contribution >= 4 is 28.5 Å². The van der Waals surface area contributed by atoms with Gasteiger partial charge in [0.1, 0.15) is 12.4 Å². The fourth-order valence-electron chi connectivity index (χ4n) is 2.91. The first kappa shape index (κ1) is 21.4. The van der Waals surface area contributed by atoms with Crippen LogP contribution >= 0.6 is 22.6 Å². The molecule has 1 atom stereocenters. The fraction of sp³-hybridized carbons (Fsp3) is 0.304. The van der Waals surface area contributed by atoms with Crippen molar-refractivity contribution in [2.75, 3.05) is 6.61 Å². The third-order valence-electron chi connectivity index (χ3n) is 4.60. The van der Waals surface area contributed by atoms with Crippen LogP contribution in [0.15, 0.2) is 67.3 Å². The van der Waals surface area contributed by atoms with Crippen molar-refractivity contribution in [3.05, 3.63) is 81.9 Å². The number of nitrogens with one attached hydrogen (secondary N) is 1. The monoisotopic (exact) mass is 503 g/mol. The van der Waals surface area contributed by atoms with Gasteiger partial charge in [-0.3, -0.25) is 4.79 Å². The van der Waals surface area contributed by atoms with E-state index in [1.165, 1.54) is 5.56 Å². The van der Waals surface area contributed by atoms with Crippen LogP contribution in [0.25, 0.3) is 0 Å². The highest BCUT2D eigenvalue weighted by molar-refractivity contribution is 14.1. The van der Waals surface area contributed by atoms with Crippen LogP contribution in [0.1, 0.15) is 36.7 Å². The number of rotatable bonds is 7. The van der Waals surface area contributed by atoms with E-state index in [0.717, 1.165) is 9.32 Å². The van der Waals surface area contributed by atoms with E-state index in [1.807, 2.05) is 47.2 Å². The summed E-state index contributed by atoms with van der Waals surface area (Å²) in [7, 11) is 0. The highest BCUT2D eigenvalue weighted by Gasteiger charge is 2.17. The van der Waals surface area contributed by atoms with Crippen molar-refractivity contribution in [1.29, 1.82) is 0 Å². The normalized spacial score (nSPS) is 12.4. The SMILES string of the molecule is CC(C)(C)c1ccc(OCC(Cn2ccnc2)NC(=O)c2ccc(I)cc2)cc1. The third-order valence-corrected chi connectivity index (χ3v) is 5.32. The van der Waals surface area contributed by atoms with Crippen molar-refractivity contribution in [2.24, 2.45) is 0 Å². The summed E-state index contributed by atoms with van der Waals surface area (Å²) < 4.78 is 9.02. The van der Waals surface area contributed by atoms with Gasteiger partial charge >= 0.3 is 0 Å². The fourth-order valence-corrected chi connectivity index (χ4v) is 3.27. The van der Waals surface area contributed by atoms with E-state index in [-0.39, 0.29) is 17.4 Å². The molecule has 0 aliphatic carbocycles. The summed E-state index contributed by atoms with van der Waals surface area (Å²) in [6.45, 7) is 7.50. The molecule has 0 bridgehead atoms. The number of hydrogen-bond acceptors (Lipinski definition) is 3. The molecule has 1 N–H and O–H groups in total. The van der Waals surface area contributed by atoms with Gasteiger partial charge in [-0.2, -0.15) is 0 Å². The summed E-state index contributed by atoms with van der Waals surface area (Å²) in [6, 6.07) is 15.5. The first-order valence-electron chi connectivity index (χ1n) is 9.57. The summed E-state index contributed by atoms with van der Waals surface area (Å²) in [6.07, 6.45) is 5.34. The Hall–Kier alpha value is -2.35. The number of imidazole rings is 1. The van der Waals surface area contributed by atoms with Crippen LogP contribution in [-0.2, 0) is 12.0 Å². The number of carbonyl (C=O) groups is 1. The Balaban J connectivity index is 1.66. The second-order valence-corrected chi connectivity index (χ2v) is 9.27. The second-order valence-electron chi connectivity index (χ2n) is 8.02. The first-order valence-corrected chi connectivity index (χ1v) is 10.6. The zero-order valence-electron chi connectivity index (χ0n) is 16.9. The summed E-state index contributed by atoms with van der Waals surface area (Å²) in [5.74, 6) is 0.676. The molecule has 1 amide bonds. The number of hydrogen-bond donors (Lipinski definition) is 1. The number of halogens is 1. The lowest BCUT2D eigenvalue weighted by atomic mass is 9.87. The van der Waals surface area contributed by atoms with Gasteiger partial charge in [0.25, 0.3) is 5.91 Å². The van der Waals surface area contributed by atoms with Crippen molar-refractivity contribution in [3.8, 4) is 5.75 Å². The maximum atomic E-state index is 12.7. The largest absolute Gasteiger partial charge is 0.491 e. The van der Waals surface area contributed by atoms with Crippen LogP contribution in [-0.4, -0.2) is 28.1 Å². The van der Waals surface area contributed by atoms with Crippen LogP contribution in [0.3, 0.4) is 0 Å². The van der Waals surface area contributed by atoms with E-state index in [4.69, 9.17) is 4.74 Å². The molecule has 0 saturated heterocycles. The Morgan fingerprint density at radius 1 is 1.14 bits per heavy atom. The Labute approximate surface area is 185 Å². The van der Waals surface area contributed by atoms with Crippen LogP contribution in [0.2, 0.25) is 0 Å². The maximum Gasteiger partial charge on any atom is 0.251 e. The Bertz CT molecular complexity index is 914. The molecule has 6 heteroatoms. The molecule has 1 aromatic heterocycles. The quantitative estimate of drug-likeness (QED) is 0.478. The summed E-state index contributed by atoms with van der Waals surface area (Å²) in [5, 5.41) is 3.08. The Morgan fingerprint density at radius 2 is 1.83 bits per heavy atom. The highest BCUT2D eigenvalue weighted by atomic mass is 127. The van der Waals surface area contributed by atoms with Gasteiger partial charge in [0.15, 0.2) is 0 Å². The summed E-state index contributed by atoms with van der Waals surface area (Å²) in [4.78, 5) is 16.7. The molecular weight excluding hydrogens is 477 g/mol. The third kappa shape index (κ3) is 6.32. The number of aromatic nitrogens is 2. The topological polar surface area (TPSA) is 56.1 Å². The summed E-state index contributed by atoms with van der Waals surface area (Å²) >= 11 is 2.22. The standard InChI is InChI=1S/C23H26IN3O2/c1-23(2,3)18-6-10-21(11-7-18)29-15-20(14-27-13-12-25-16-27)26-22(28)17-4-8-19(24)9-5-17/h4-13,16,20H,14-15H2,1-3H3,(H,26,28). The number of nitrogens with zero attached hydrogens (tertiary/aromatic N) is 2. The average Bonchev–Trinajstić information content (AvgIpc) is 3.19.